The van der Waals surface area contributed by atoms with Gasteiger partial charge in [-0.05, 0) is 36.7 Å². The van der Waals surface area contributed by atoms with Crippen LogP contribution in [0.1, 0.15) is 25.0 Å². The van der Waals surface area contributed by atoms with Gasteiger partial charge in [0, 0.05) is 23.5 Å². The maximum absolute atomic E-state index is 5.90. The minimum absolute atomic E-state index is 0.161. The molecule has 2 rings (SSSR count). The number of ether oxygens (including phenoxy) is 2. The maximum Gasteiger partial charge on any atom is 0.119 e. The fraction of sp³-hybridized carbons (Fsp3) is 0.571. The quantitative estimate of drug-likeness (QED) is 0.906. The highest BCUT2D eigenvalue weighted by atomic mass is 79.9. The average Bonchev–Trinajstić information content (AvgIpc) is 2.85. The van der Waals surface area contributed by atoms with E-state index in [-0.39, 0.29) is 6.10 Å². The van der Waals surface area contributed by atoms with Gasteiger partial charge in [-0.2, -0.15) is 0 Å². The van der Waals surface area contributed by atoms with Gasteiger partial charge in [-0.25, -0.2) is 0 Å². The normalized spacial score (nSPS) is 23.3. The number of rotatable bonds is 5. The van der Waals surface area contributed by atoms with Gasteiger partial charge in [0.15, 0.2) is 0 Å². The molecule has 3 nitrogen and oxygen atoms in total. The minimum atomic E-state index is 0.161. The highest BCUT2D eigenvalue weighted by molar-refractivity contribution is 9.10. The smallest absolute Gasteiger partial charge is 0.119 e. The van der Waals surface area contributed by atoms with Crippen molar-refractivity contribution in [1.29, 1.82) is 0 Å². The van der Waals surface area contributed by atoms with E-state index in [2.05, 4.69) is 34.2 Å². The lowest BCUT2D eigenvalue weighted by atomic mass is 9.95. The molecule has 2 atom stereocenters. The van der Waals surface area contributed by atoms with Crippen LogP contribution in [-0.2, 0) is 4.74 Å². The summed E-state index contributed by atoms with van der Waals surface area (Å²) < 4.78 is 12.3. The van der Waals surface area contributed by atoms with Gasteiger partial charge >= 0.3 is 0 Å². The molecule has 18 heavy (non-hydrogen) atoms. The molecule has 2 unspecified atom stereocenters. The Balaban J connectivity index is 2.18. The van der Waals surface area contributed by atoms with Crippen molar-refractivity contribution in [3.63, 3.8) is 0 Å². The molecule has 0 aromatic heterocycles. The minimum Gasteiger partial charge on any atom is -0.497 e. The third kappa shape index (κ3) is 3.05. The monoisotopic (exact) mass is 313 g/mol. The van der Waals surface area contributed by atoms with Gasteiger partial charge in [-0.3, -0.25) is 0 Å². The van der Waals surface area contributed by atoms with Gasteiger partial charge in [0.1, 0.15) is 5.75 Å². The van der Waals surface area contributed by atoms with Crippen LogP contribution in [-0.4, -0.2) is 26.8 Å². The van der Waals surface area contributed by atoms with Crippen molar-refractivity contribution in [2.75, 3.05) is 26.8 Å². The van der Waals surface area contributed by atoms with Gasteiger partial charge in [0.2, 0.25) is 0 Å². The van der Waals surface area contributed by atoms with Crippen LogP contribution in [0.25, 0.3) is 0 Å². The number of hydrogen-bond acceptors (Lipinski definition) is 3. The van der Waals surface area contributed by atoms with Crippen molar-refractivity contribution in [3.05, 3.63) is 28.2 Å². The summed E-state index contributed by atoms with van der Waals surface area (Å²) in [5, 5.41) is 3.41. The molecular weight excluding hydrogens is 294 g/mol. The number of methoxy groups -OCH3 is 1. The van der Waals surface area contributed by atoms with Crippen LogP contribution in [0.3, 0.4) is 0 Å². The van der Waals surface area contributed by atoms with Gasteiger partial charge < -0.3 is 14.8 Å². The van der Waals surface area contributed by atoms with Gasteiger partial charge in [0.05, 0.1) is 13.2 Å². The lowest BCUT2D eigenvalue weighted by Gasteiger charge is -2.21. The van der Waals surface area contributed by atoms with Crippen molar-refractivity contribution in [2.45, 2.75) is 19.4 Å². The molecule has 0 amide bonds. The summed E-state index contributed by atoms with van der Waals surface area (Å²) >= 11 is 3.61. The first-order valence-corrected chi connectivity index (χ1v) is 7.21. The van der Waals surface area contributed by atoms with E-state index in [9.17, 15) is 0 Å². The van der Waals surface area contributed by atoms with Crippen LogP contribution >= 0.6 is 15.9 Å². The second-order valence-electron chi connectivity index (χ2n) is 4.54. The van der Waals surface area contributed by atoms with Crippen LogP contribution in [0.2, 0.25) is 0 Å². The predicted molar refractivity (Wildman–Crippen MR) is 76.0 cm³/mol. The number of benzene rings is 1. The Morgan fingerprint density at radius 3 is 3.06 bits per heavy atom. The average molecular weight is 314 g/mol. The van der Waals surface area contributed by atoms with E-state index in [0.29, 0.717) is 5.92 Å². The van der Waals surface area contributed by atoms with Crippen LogP contribution < -0.4 is 10.1 Å². The van der Waals surface area contributed by atoms with E-state index in [1.165, 1.54) is 5.56 Å². The summed E-state index contributed by atoms with van der Waals surface area (Å²) in [5.74, 6) is 1.42. The van der Waals surface area contributed by atoms with Crippen LogP contribution in [0.4, 0.5) is 0 Å². The summed E-state index contributed by atoms with van der Waals surface area (Å²) in [7, 11) is 1.69. The molecule has 1 aliphatic rings. The maximum atomic E-state index is 5.90. The zero-order chi connectivity index (χ0) is 13.0. The van der Waals surface area contributed by atoms with E-state index < -0.39 is 0 Å². The van der Waals surface area contributed by atoms with Gasteiger partial charge in [-0.1, -0.05) is 22.9 Å². The molecule has 0 aliphatic carbocycles. The summed E-state index contributed by atoms with van der Waals surface area (Å²) in [6, 6.07) is 6.06. The number of hydrogen-bond donors (Lipinski definition) is 1. The molecule has 1 fully saturated rings. The summed E-state index contributed by atoms with van der Waals surface area (Å²) in [6.07, 6.45) is 1.27. The fourth-order valence-corrected chi connectivity index (χ4v) is 2.86. The Bertz CT molecular complexity index is 397. The molecule has 1 aromatic rings. The first kappa shape index (κ1) is 13.8. The Hall–Kier alpha value is -0.580. The van der Waals surface area contributed by atoms with E-state index >= 15 is 0 Å². The lowest BCUT2D eigenvalue weighted by molar-refractivity contribution is 0.0899. The number of halogens is 1. The third-order valence-electron chi connectivity index (χ3n) is 3.38. The molecule has 100 valence electrons. The number of nitrogens with one attached hydrogen (secondary N) is 1. The second-order valence-corrected chi connectivity index (χ2v) is 5.39. The zero-order valence-electron chi connectivity index (χ0n) is 10.9. The predicted octanol–water partition coefficient (Wildman–Crippen LogP) is 3.14. The fourth-order valence-electron chi connectivity index (χ4n) is 2.38. The van der Waals surface area contributed by atoms with Crippen molar-refractivity contribution < 1.29 is 9.47 Å². The van der Waals surface area contributed by atoms with E-state index in [1.54, 1.807) is 7.11 Å². The SMILES string of the molecule is CCNCC1CCOC1c1cc(OC)ccc1Br. The van der Waals surface area contributed by atoms with Crippen molar-refractivity contribution >= 4 is 15.9 Å². The molecule has 1 N–H and O–H groups in total. The molecule has 1 aromatic carbocycles. The Labute approximate surface area is 117 Å². The van der Waals surface area contributed by atoms with E-state index in [1.807, 2.05) is 12.1 Å². The standard InChI is InChI=1S/C14H20BrNO2/c1-3-16-9-10-6-7-18-14(10)12-8-11(17-2)4-5-13(12)15/h4-5,8,10,14,16H,3,6-7,9H2,1-2H3. The summed E-state index contributed by atoms with van der Waals surface area (Å²) in [4.78, 5) is 0. The Morgan fingerprint density at radius 2 is 2.33 bits per heavy atom. The first-order valence-electron chi connectivity index (χ1n) is 6.42. The molecule has 0 saturated carbocycles. The van der Waals surface area contributed by atoms with Crippen LogP contribution in [0, 0.1) is 5.92 Å². The molecular formula is C14H20BrNO2. The largest absolute Gasteiger partial charge is 0.497 e. The first-order chi connectivity index (χ1) is 8.76. The van der Waals surface area contributed by atoms with Crippen molar-refractivity contribution in [2.24, 2.45) is 5.92 Å². The molecule has 0 spiro atoms. The molecule has 0 bridgehead atoms. The third-order valence-corrected chi connectivity index (χ3v) is 4.10. The van der Waals surface area contributed by atoms with Crippen molar-refractivity contribution in [3.8, 4) is 5.75 Å². The molecule has 4 heteroatoms. The van der Waals surface area contributed by atoms with Gasteiger partial charge in [0.25, 0.3) is 0 Å². The van der Waals surface area contributed by atoms with Crippen molar-refractivity contribution in [1.82, 2.24) is 5.32 Å². The van der Waals surface area contributed by atoms with E-state index in [4.69, 9.17) is 9.47 Å². The molecule has 1 saturated heterocycles. The lowest BCUT2D eigenvalue weighted by Crippen LogP contribution is -2.24. The highest BCUT2D eigenvalue weighted by Crippen LogP contribution is 2.39. The van der Waals surface area contributed by atoms with Gasteiger partial charge in [-0.15, -0.1) is 0 Å². The molecule has 1 aliphatic heterocycles. The highest BCUT2D eigenvalue weighted by Gasteiger charge is 2.30. The van der Waals surface area contributed by atoms with Crippen LogP contribution in [0.5, 0.6) is 5.75 Å². The molecule has 0 radical (unpaired) electrons. The molecule has 1 heterocycles. The summed E-state index contributed by atoms with van der Waals surface area (Å²) in [6.45, 7) is 4.98. The second kappa shape index (κ2) is 6.55. The van der Waals surface area contributed by atoms with E-state index in [0.717, 1.165) is 36.3 Å². The Kier molecular flexibility index (Phi) is 5.03. The zero-order valence-corrected chi connectivity index (χ0v) is 12.5. The Morgan fingerprint density at radius 1 is 1.50 bits per heavy atom. The topological polar surface area (TPSA) is 30.5 Å². The van der Waals surface area contributed by atoms with Crippen LogP contribution in [0.15, 0.2) is 22.7 Å². The summed E-state index contributed by atoms with van der Waals surface area (Å²) in [5.41, 5.74) is 1.19.